The van der Waals surface area contributed by atoms with Gasteiger partial charge in [-0.05, 0) is 70.7 Å². The number of fused-ring (bicyclic) bond motifs is 1. The maximum atomic E-state index is 13.9. The number of imidazole rings is 1. The van der Waals surface area contributed by atoms with Crippen LogP contribution in [-0.4, -0.2) is 38.5 Å². The minimum Gasteiger partial charge on any atom is -0.424 e. The van der Waals surface area contributed by atoms with E-state index in [4.69, 9.17) is 0 Å². The Morgan fingerprint density at radius 3 is 2.25 bits per heavy atom. The normalized spacial score (nSPS) is 17.5. The van der Waals surface area contributed by atoms with Crippen LogP contribution in [0.15, 0.2) is 96.6 Å². The van der Waals surface area contributed by atoms with Crippen molar-refractivity contribution in [3.63, 3.8) is 0 Å². The lowest BCUT2D eigenvalue weighted by molar-refractivity contribution is 0.299. The summed E-state index contributed by atoms with van der Waals surface area (Å²) in [6.45, 7) is 4.45. The fourth-order valence-corrected chi connectivity index (χ4v) is 10.4. The Morgan fingerprint density at radius 1 is 0.955 bits per heavy atom. The zero-order valence-electron chi connectivity index (χ0n) is 25.0. The number of benzene rings is 2. The van der Waals surface area contributed by atoms with Gasteiger partial charge in [-0.2, -0.15) is 0 Å². The molecule has 1 saturated carbocycles. The lowest BCUT2D eigenvalue weighted by Gasteiger charge is -2.42. The van der Waals surface area contributed by atoms with E-state index >= 15 is 0 Å². The molecule has 2 N–H and O–H groups in total. The zero-order valence-corrected chi connectivity index (χ0v) is 26.0. The number of nitroso groups, excluding NO2 is 1. The summed E-state index contributed by atoms with van der Waals surface area (Å²) in [5.74, 6) is 0.869. The van der Waals surface area contributed by atoms with Crippen LogP contribution in [0.25, 0.3) is 17.2 Å². The summed E-state index contributed by atoms with van der Waals surface area (Å²) < 4.78 is 15.5. The Labute approximate surface area is 257 Å². The summed E-state index contributed by atoms with van der Waals surface area (Å²) in [5.41, 5.74) is 1.25. The molecule has 0 bridgehead atoms. The van der Waals surface area contributed by atoms with Crippen molar-refractivity contribution >= 4 is 35.8 Å². The summed E-state index contributed by atoms with van der Waals surface area (Å²) >= 11 is 0. The molecule has 3 heterocycles. The van der Waals surface area contributed by atoms with Gasteiger partial charge in [-0.15, -0.1) is 4.91 Å². The van der Waals surface area contributed by atoms with E-state index in [0.29, 0.717) is 28.9 Å². The molecule has 0 saturated heterocycles. The van der Waals surface area contributed by atoms with Gasteiger partial charge in [0.15, 0.2) is 17.3 Å². The molecule has 1 fully saturated rings. The van der Waals surface area contributed by atoms with Crippen LogP contribution in [-0.2, 0) is 0 Å². The molecule has 5 aromatic rings. The van der Waals surface area contributed by atoms with Crippen LogP contribution in [0.1, 0.15) is 52.4 Å². The standard InChI is InChI=1S/C34H37FN6O2Si/c1-34(2,44(43,27-9-5-3-6-10-27)28-11-7-4-8-12-28)20-19-24-13-16-26(17-14-24)38-32-29(40-42)21-37-33(39-32)30-22-36-31-18-15-25(35)23-41(30)31/h3-12,15,18,21-24,26,43H,13-14,16-17,19-20H2,1-2H3,(H,37,38,39)/t24-,26-. The maximum absolute atomic E-state index is 13.9. The number of hydrogen-bond acceptors (Lipinski definition) is 7. The minimum atomic E-state index is -3.03. The predicted molar refractivity (Wildman–Crippen MR) is 174 cm³/mol. The Kier molecular flexibility index (Phi) is 8.37. The molecule has 0 aliphatic heterocycles. The summed E-state index contributed by atoms with van der Waals surface area (Å²) in [6, 6.07) is 23.5. The van der Waals surface area contributed by atoms with Gasteiger partial charge >= 0.3 is 0 Å². The molecule has 1 aliphatic rings. The Balaban J connectivity index is 1.12. The second-order valence-electron chi connectivity index (χ2n) is 12.5. The van der Waals surface area contributed by atoms with Crippen LogP contribution in [0.4, 0.5) is 15.9 Å². The first-order chi connectivity index (χ1) is 21.3. The van der Waals surface area contributed by atoms with E-state index in [9.17, 15) is 14.1 Å². The number of halogens is 1. The Hall–Kier alpha value is -4.28. The zero-order chi connectivity index (χ0) is 30.7. The summed E-state index contributed by atoms with van der Waals surface area (Å²) in [5, 5.41) is 8.40. The molecule has 0 spiro atoms. The maximum Gasteiger partial charge on any atom is 0.258 e. The number of hydrogen-bond donors (Lipinski definition) is 2. The molecular weight excluding hydrogens is 571 g/mol. The number of nitrogens with one attached hydrogen (secondary N) is 1. The van der Waals surface area contributed by atoms with Crippen LogP contribution < -0.4 is 15.7 Å². The first-order valence-electron chi connectivity index (χ1n) is 15.2. The van der Waals surface area contributed by atoms with Crippen LogP contribution in [0.2, 0.25) is 5.04 Å². The highest BCUT2D eigenvalue weighted by atomic mass is 28.4. The minimum absolute atomic E-state index is 0.141. The number of pyridine rings is 1. The highest BCUT2D eigenvalue weighted by Gasteiger charge is 2.49. The second-order valence-corrected chi connectivity index (χ2v) is 16.4. The van der Waals surface area contributed by atoms with Crippen LogP contribution in [0.3, 0.4) is 0 Å². The van der Waals surface area contributed by atoms with Crippen LogP contribution >= 0.6 is 0 Å². The largest absolute Gasteiger partial charge is 0.424 e. The van der Waals surface area contributed by atoms with Crippen molar-refractivity contribution in [3.8, 4) is 11.5 Å². The smallest absolute Gasteiger partial charge is 0.258 e. The highest BCUT2D eigenvalue weighted by Crippen LogP contribution is 2.43. The van der Waals surface area contributed by atoms with E-state index in [1.54, 1.807) is 16.7 Å². The van der Waals surface area contributed by atoms with Gasteiger partial charge in [-0.25, -0.2) is 19.3 Å². The average molecular weight is 609 g/mol. The van der Waals surface area contributed by atoms with E-state index in [-0.39, 0.29) is 16.8 Å². The fourth-order valence-electron chi connectivity index (χ4n) is 6.63. The van der Waals surface area contributed by atoms with Crippen molar-refractivity contribution in [3.05, 3.63) is 102 Å². The molecule has 6 rings (SSSR count). The third-order valence-corrected chi connectivity index (χ3v) is 13.8. The second kappa shape index (κ2) is 12.4. The fraction of sp³-hybridized carbons (Fsp3) is 0.324. The predicted octanol–water partition coefficient (Wildman–Crippen LogP) is 6.61. The van der Waals surface area contributed by atoms with Crippen LogP contribution in [0.5, 0.6) is 0 Å². The van der Waals surface area contributed by atoms with Gasteiger partial charge < -0.3 is 10.1 Å². The van der Waals surface area contributed by atoms with Crippen molar-refractivity contribution < 1.29 is 9.19 Å². The number of nitrogens with zero attached hydrogens (tertiary/aromatic N) is 5. The lowest BCUT2D eigenvalue weighted by atomic mass is 9.82. The average Bonchev–Trinajstić information content (AvgIpc) is 3.48. The van der Waals surface area contributed by atoms with Crippen molar-refractivity contribution in [2.75, 3.05) is 5.32 Å². The molecule has 226 valence electrons. The first-order valence-corrected chi connectivity index (χ1v) is 17.2. The van der Waals surface area contributed by atoms with Crippen molar-refractivity contribution in [2.24, 2.45) is 11.1 Å². The number of anilines is 1. The molecule has 0 atom stereocenters. The van der Waals surface area contributed by atoms with Gasteiger partial charge in [-0.3, -0.25) is 4.40 Å². The molecule has 44 heavy (non-hydrogen) atoms. The summed E-state index contributed by atoms with van der Waals surface area (Å²) in [7, 11) is -3.03. The topological polar surface area (TPSA) is 105 Å². The van der Waals surface area contributed by atoms with E-state index in [1.165, 1.54) is 18.5 Å². The molecule has 10 heteroatoms. The van der Waals surface area contributed by atoms with Gasteiger partial charge in [0.25, 0.3) is 8.32 Å². The molecule has 8 nitrogen and oxygen atoms in total. The highest BCUT2D eigenvalue weighted by molar-refractivity contribution is 6.98. The van der Waals surface area contributed by atoms with E-state index in [2.05, 4.69) is 63.6 Å². The quantitative estimate of drug-likeness (QED) is 0.137. The summed E-state index contributed by atoms with van der Waals surface area (Å²) in [4.78, 5) is 37.3. The van der Waals surface area contributed by atoms with E-state index < -0.39 is 14.1 Å². The molecular formula is C34H37FN6O2Si. The van der Waals surface area contributed by atoms with Crippen molar-refractivity contribution in [2.45, 2.75) is 63.5 Å². The summed E-state index contributed by atoms with van der Waals surface area (Å²) in [6.07, 6.45) is 10.2. The lowest BCUT2D eigenvalue weighted by Crippen LogP contribution is -2.65. The van der Waals surface area contributed by atoms with Gasteiger partial charge in [-0.1, -0.05) is 80.9 Å². The molecule has 1 aliphatic carbocycles. The molecule has 0 amide bonds. The molecule has 2 aromatic carbocycles. The van der Waals surface area contributed by atoms with E-state index in [0.717, 1.165) is 48.9 Å². The third-order valence-electron chi connectivity index (χ3n) is 9.29. The van der Waals surface area contributed by atoms with E-state index in [1.807, 2.05) is 36.4 Å². The van der Waals surface area contributed by atoms with Gasteiger partial charge in [0.2, 0.25) is 0 Å². The van der Waals surface area contributed by atoms with Gasteiger partial charge in [0.05, 0.1) is 12.4 Å². The monoisotopic (exact) mass is 608 g/mol. The van der Waals surface area contributed by atoms with Crippen molar-refractivity contribution in [1.82, 2.24) is 19.4 Å². The first kappa shape index (κ1) is 29.8. The van der Waals surface area contributed by atoms with Crippen LogP contribution in [0, 0.1) is 16.6 Å². The Morgan fingerprint density at radius 2 is 1.61 bits per heavy atom. The number of rotatable bonds is 10. The van der Waals surface area contributed by atoms with Gasteiger partial charge in [0.1, 0.15) is 17.2 Å². The molecule has 3 aromatic heterocycles. The van der Waals surface area contributed by atoms with Gasteiger partial charge in [0, 0.05) is 12.2 Å². The molecule has 0 radical (unpaired) electrons. The number of aromatic nitrogens is 4. The molecule has 0 unspecified atom stereocenters. The van der Waals surface area contributed by atoms with Crippen molar-refractivity contribution in [1.29, 1.82) is 0 Å². The SMILES string of the molecule is CC(C)(CC[C@H]1CC[C@H](Nc2nc(-c3cnc4ccc(F)cn34)ncc2N=O)CC1)[Si](O)(c1ccccc1)c1ccccc1. The Bertz CT molecular complexity index is 1700. The third kappa shape index (κ3) is 5.79.